The van der Waals surface area contributed by atoms with E-state index < -0.39 is 0 Å². The summed E-state index contributed by atoms with van der Waals surface area (Å²) in [7, 11) is 1.74. The molecule has 0 unspecified atom stereocenters. The fourth-order valence-electron chi connectivity index (χ4n) is 2.42. The van der Waals surface area contributed by atoms with Crippen LogP contribution in [0.5, 0.6) is 0 Å². The number of hydrogen-bond acceptors (Lipinski definition) is 3. The minimum absolute atomic E-state index is 0.196. The van der Waals surface area contributed by atoms with Gasteiger partial charge in [0.05, 0.1) is 22.8 Å². The number of nitrogens with one attached hydrogen (secondary N) is 1. The van der Waals surface area contributed by atoms with Gasteiger partial charge in [-0.15, -0.1) is 0 Å². The molecule has 1 amide bonds. The Kier molecular flexibility index (Phi) is 3.50. The predicted molar refractivity (Wildman–Crippen MR) is 84.2 cm³/mol. The second-order valence-electron chi connectivity index (χ2n) is 5.09. The third-order valence-corrected chi connectivity index (χ3v) is 3.58. The summed E-state index contributed by atoms with van der Waals surface area (Å²) in [4.78, 5) is 12.3. The summed E-state index contributed by atoms with van der Waals surface area (Å²) in [5, 5.41) is 11.5. The van der Waals surface area contributed by atoms with Gasteiger partial charge in [0.25, 0.3) is 5.91 Å². The van der Waals surface area contributed by atoms with Gasteiger partial charge in [0, 0.05) is 13.2 Å². The van der Waals surface area contributed by atoms with Gasteiger partial charge in [-0.05, 0) is 32.0 Å². The zero-order valence-corrected chi connectivity index (χ0v) is 12.7. The second-order valence-corrected chi connectivity index (χ2v) is 5.09. The summed E-state index contributed by atoms with van der Waals surface area (Å²) >= 11 is 0. The van der Waals surface area contributed by atoms with Gasteiger partial charge >= 0.3 is 0 Å². The molecule has 1 aromatic carbocycles. The van der Waals surface area contributed by atoms with Crippen LogP contribution in [0.25, 0.3) is 5.69 Å². The van der Waals surface area contributed by atoms with E-state index in [2.05, 4.69) is 15.5 Å². The predicted octanol–water partition coefficient (Wildman–Crippen LogP) is 2.47. The quantitative estimate of drug-likeness (QED) is 0.807. The van der Waals surface area contributed by atoms with Crippen molar-refractivity contribution in [1.82, 2.24) is 19.6 Å². The largest absolute Gasteiger partial charge is 0.317 e. The van der Waals surface area contributed by atoms with Crippen LogP contribution in [0.15, 0.2) is 42.6 Å². The number of anilines is 1. The molecule has 22 heavy (non-hydrogen) atoms. The number of aromatic nitrogens is 4. The molecule has 2 heterocycles. The lowest BCUT2D eigenvalue weighted by Crippen LogP contribution is -2.17. The van der Waals surface area contributed by atoms with Gasteiger partial charge in [0.1, 0.15) is 5.69 Å². The van der Waals surface area contributed by atoms with Crippen molar-refractivity contribution in [2.45, 2.75) is 13.8 Å². The zero-order valence-electron chi connectivity index (χ0n) is 12.7. The molecular weight excluding hydrogens is 278 g/mol. The maximum atomic E-state index is 12.3. The van der Waals surface area contributed by atoms with Gasteiger partial charge in [-0.1, -0.05) is 18.2 Å². The fourth-order valence-corrected chi connectivity index (χ4v) is 2.42. The number of nitrogens with zero attached hydrogens (tertiary/aromatic N) is 4. The molecule has 0 saturated heterocycles. The lowest BCUT2D eigenvalue weighted by molar-refractivity contribution is 0.101. The van der Waals surface area contributed by atoms with E-state index in [0.717, 1.165) is 22.8 Å². The average molecular weight is 295 g/mol. The minimum Gasteiger partial charge on any atom is -0.317 e. The van der Waals surface area contributed by atoms with E-state index in [0.29, 0.717) is 5.69 Å². The zero-order chi connectivity index (χ0) is 15.7. The summed E-state index contributed by atoms with van der Waals surface area (Å²) in [6.45, 7) is 3.82. The van der Waals surface area contributed by atoms with Gasteiger partial charge in [-0.3, -0.25) is 9.48 Å². The van der Waals surface area contributed by atoms with Gasteiger partial charge in [-0.2, -0.15) is 10.2 Å². The molecule has 1 N–H and O–H groups in total. The van der Waals surface area contributed by atoms with Crippen molar-refractivity contribution in [1.29, 1.82) is 0 Å². The lowest BCUT2D eigenvalue weighted by Gasteiger charge is -2.07. The highest BCUT2D eigenvalue weighted by molar-refractivity contribution is 6.03. The summed E-state index contributed by atoms with van der Waals surface area (Å²) in [5.41, 5.74) is 3.86. The molecule has 0 bridgehead atoms. The van der Waals surface area contributed by atoms with E-state index in [1.807, 2.05) is 48.9 Å². The van der Waals surface area contributed by atoms with Crippen molar-refractivity contribution in [2.24, 2.45) is 7.05 Å². The highest BCUT2D eigenvalue weighted by Crippen LogP contribution is 2.23. The SMILES string of the molecule is Cc1nn(-c2ccccc2)c(C)c1NC(=O)c1ccnn1C. The van der Waals surface area contributed by atoms with E-state index in [-0.39, 0.29) is 5.91 Å². The smallest absolute Gasteiger partial charge is 0.274 e. The summed E-state index contributed by atoms with van der Waals surface area (Å²) in [6.07, 6.45) is 1.60. The third-order valence-electron chi connectivity index (χ3n) is 3.58. The Labute approximate surface area is 128 Å². The maximum absolute atomic E-state index is 12.3. The summed E-state index contributed by atoms with van der Waals surface area (Å²) in [6, 6.07) is 11.5. The number of carbonyl (C=O) groups excluding carboxylic acids is 1. The van der Waals surface area contributed by atoms with Crippen LogP contribution in [0.4, 0.5) is 5.69 Å². The number of amides is 1. The Morgan fingerprint density at radius 3 is 2.50 bits per heavy atom. The first-order valence-corrected chi connectivity index (χ1v) is 6.99. The molecule has 2 aromatic heterocycles. The molecule has 0 radical (unpaired) electrons. The van der Waals surface area contributed by atoms with Crippen LogP contribution >= 0.6 is 0 Å². The molecule has 0 saturated carbocycles. The highest BCUT2D eigenvalue weighted by Gasteiger charge is 2.17. The van der Waals surface area contributed by atoms with Gasteiger partial charge < -0.3 is 5.32 Å². The number of aryl methyl sites for hydroxylation is 2. The molecule has 3 rings (SSSR count). The monoisotopic (exact) mass is 295 g/mol. The van der Waals surface area contributed by atoms with Crippen LogP contribution in [-0.4, -0.2) is 25.5 Å². The molecular formula is C16H17N5O. The van der Waals surface area contributed by atoms with E-state index in [1.54, 1.807) is 24.0 Å². The maximum Gasteiger partial charge on any atom is 0.274 e. The van der Waals surface area contributed by atoms with Crippen molar-refractivity contribution < 1.29 is 4.79 Å². The first kappa shape index (κ1) is 14.1. The molecule has 0 aliphatic heterocycles. The molecule has 6 heteroatoms. The van der Waals surface area contributed by atoms with Crippen LogP contribution in [0.2, 0.25) is 0 Å². The topological polar surface area (TPSA) is 64.7 Å². The molecule has 0 atom stereocenters. The average Bonchev–Trinajstić information content (AvgIpc) is 3.06. The fraction of sp³-hybridized carbons (Fsp3) is 0.188. The number of benzene rings is 1. The summed E-state index contributed by atoms with van der Waals surface area (Å²) in [5.74, 6) is -0.196. The molecule has 6 nitrogen and oxygen atoms in total. The number of rotatable bonds is 3. The highest BCUT2D eigenvalue weighted by atomic mass is 16.2. The third kappa shape index (κ3) is 2.39. The normalized spacial score (nSPS) is 10.7. The van der Waals surface area contributed by atoms with Gasteiger partial charge in [0.2, 0.25) is 0 Å². The van der Waals surface area contributed by atoms with Gasteiger partial charge in [0.15, 0.2) is 0 Å². The molecule has 3 aromatic rings. The molecule has 112 valence electrons. The van der Waals surface area contributed by atoms with E-state index in [1.165, 1.54) is 0 Å². The molecule has 0 aliphatic carbocycles. The van der Waals surface area contributed by atoms with Crippen molar-refractivity contribution in [2.75, 3.05) is 5.32 Å². The van der Waals surface area contributed by atoms with E-state index in [9.17, 15) is 4.79 Å². The Balaban J connectivity index is 1.94. The summed E-state index contributed by atoms with van der Waals surface area (Å²) < 4.78 is 3.37. The van der Waals surface area contributed by atoms with Gasteiger partial charge in [-0.25, -0.2) is 4.68 Å². The van der Waals surface area contributed by atoms with Crippen molar-refractivity contribution in [3.63, 3.8) is 0 Å². The van der Waals surface area contributed by atoms with Crippen LogP contribution in [0.1, 0.15) is 21.9 Å². The standard InChI is InChI=1S/C16H17N5O/c1-11-15(18-16(22)14-9-10-17-20(14)3)12(2)21(19-11)13-7-5-4-6-8-13/h4-10H,1-3H3,(H,18,22). The lowest BCUT2D eigenvalue weighted by atomic mass is 10.2. The van der Waals surface area contributed by atoms with Crippen LogP contribution in [-0.2, 0) is 7.05 Å². The molecule has 0 aliphatic rings. The van der Waals surface area contributed by atoms with Crippen molar-refractivity contribution >= 4 is 11.6 Å². The minimum atomic E-state index is -0.196. The number of carbonyl (C=O) groups is 1. The van der Waals surface area contributed by atoms with Crippen LogP contribution in [0.3, 0.4) is 0 Å². The Morgan fingerprint density at radius 2 is 1.86 bits per heavy atom. The Morgan fingerprint density at radius 1 is 1.14 bits per heavy atom. The number of hydrogen-bond donors (Lipinski definition) is 1. The van der Waals surface area contributed by atoms with E-state index >= 15 is 0 Å². The number of para-hydroxylation sites is 1. The van der Waals surface area contributed by atoms with E-state index in [4.69, 9.17) is 0 Å². The Hall–Kier alpha value is -2.89. The van der Waals surface area contributed by atoms with Crippen molar-refractivity contribution in [3.8, 4) is 5.69 Å². The second kappa shape index (κ2) is 5.48. The first-order chi connectivity index (χ1) is 10.6. The molecule has 0 spiro atoms. The van der Waals surface area contributed by atoms with Crippen LogP contribution < -0.4 is 5.32 Å². The molecule has 0 fully saturated rings. The first-order valence-electron chi connectivity index (χ1n) is 6.99. The van der Waals surface area contributed by atoms with Crippen molar-refractivity contribution in [3.05, 3.63) is 59.7 Å². The van der Waals surface area contributed by atoms with Crippen LogP contribution in [0, 0.1) is 13.8 Å². The Bertz CT molecular complexity index is 816.